The van der Waals surface area contributed by atoms with E-state index in [1.165, 1.54) is 0 Å². The molecule has 3 rings (SSSR count). The van der Waals surface area contributed by atoms with Gasteiger partial charge in [0, 0.05) is 6.54 Å². The van der Waals surface area contributed by atoms with E-state index >= 15 is 0 Å². The SMILES string of the molecule is Cc1nc2ccccc2n1CC(O)(CN)C1CC1. The van der Waals surface area contributed by atoms with Gasteiger partial charge in [-0.1, -0.05) is 12.1 Å². The summed E-state index contributed by atoms with van der Waals surface area (Å²) in [5.74, 6) is 1.28. The number of para-hydroxylation sites is 2. The van der Waals surface area contributed by atoms with Crippen LogP contribution in [-0.4, -0.2) is 26.8 Å². The summed E-state index contributed by atoms with van der Waals surface area (Å²) in [6, 6.07) is 8.02. The first-order chi connectivity index (χ1) is 8.64. The molecule has 0 spiro atoms. The van der Waals surface area contributed by atoms with Crippen LogP contribution < -0.4 is 5.73 Å². The van der Waals surface area contributed by atoms with Gasteiger partial charge in [0.1, 0.15) is 5.82 Å². The highest BCUT2D eigenvalue weighted by Gasteiger charge is 2.43. The van der Waals surface area contributed by atoms with E-state index in [1.54, 1.807) is 0 Å². The van der Waals surface area contributed by atoms with Crippen molar-refractivity contribution in [2.45, 2.75) is 31.9 Å². The quantitative estimate of drug-likeness (QED) is 0.856. The Labute approximate surface area is 106 Å². The smallest absolute Gasteiger partial charge is 0.106 e. The van der Waals surface area contributed by atoms with Gasteiger partial charge in [0.2, 0.25) is 0 Å². The van der Waals surface area contributed by atoms with Crippen LogP contribution in [0.15, 0.2) is 24.3 Å². The minimum Gasteiger partial charge on any atom is -0.386 e. The lowest BCUT2D eigenvalue weighted by Gasteiger charge is -2.27. The van der Waals surface area contributed by atoms with Gasteiger partial charge >= 0.3 is 0 Å². The third-order valence-electron chi connectivity index (χ3n) is 3.97. The van der Waals surface area contributed by atoms with Crippen LogP contribution in [0.3, 0.4) is 0 Å². The first-order valence-corrected chi connectivity index (χ1v) is 6.48. The predicted molar refractivity (Wildman–Crippen MR) is 71.2 cm³/mol. The highest BCUT2D eigenvalue weighted by atomic mass is 16.3. The molecule has 1 fully saturated rings. The maximum absolute atomic E-state index is 10.6. The van der Waals surface area contributed by atoms with Crippen molar-refractivity contribution in [2.75, 3.05) is 6.54 Å². The number of rotatable bonds is 4. The molecule has 2 aromatic rings. The molecule has 0 bridgehead atoms. The first-order valence-electron chi connectivity index (χ1n) is 6.48. The minimum atomic E-state index is -0.784. The second-order valence-corrected chi connectivity index (χ2v) is 5.32. The fourth-order valence-corrected chi connectivity index (χ4v) is 2.65. The number of nitrogens with zero attached hydrogens (tertiary/aromatic N) is 2. The van der Waals surface area contributed by atoms with E-state index in [4.69, 9.17) is 5.73 Å². The normalized spacial score (nSPS) is 19.1. The molecule has 96 valence electrons. The lowest BCUT2D eigenvalue weighted by molar-refractivity contribution is 0.00988. The second-order valence-electron chi connectivity index (χ2n) is 5.32. The molecule has 1 aliphatic rings. The van der Waals surface area contributed by atoms with E-state index < -0.39 is 5.60 Å². The third-order valence-corrected chi connectivity index (χ3v) is 3.97. The van der Waals surface area contributed by atoms with Gasteiger partial charge in [-0.3, -0.25) is 0 Å². The third kappa shape index (κ3) is 1.82. The number of nitrogens with two attached hydrogens (primary N) is 1. The molecule has 1 aromatic heterocycles. The Morgan fingerprint density at radius 3 is 2.83 bits per heavy atom. The number of aromatic nitrogens is 2. The highest BCUT2D eigenvalue weighted by Crippen LogP contribution is 2.40. The Hall–Kier alpha value is -1.39. The zero-order chi connectivity index (χ0) is 12.8. The van der Waals surface area contributed by atoms with Crippen molar-refractivity contribution in [3.05, 3.63) is 30.1 Å². The van der Waals surface area contributed by atoms with Crippen molar-refractivity contribution < 1.29 is 5.11 Å². The van der Waals surface area contributed by atoms with Gasteiger partial charge in [-0.25, -0.2) is 4.98 Å². The number of aliphatic hydroxyl groups is 1. The Balaban J connectivity index is 2.01. The number of hydrogen-bond acceptors (Lipinski definition) is 3. The number of imidazole rings is 1. The highest BCUT2D eigenvalue weighted by molar-refractivity contribution is 5.75. The van der Waals surface area contributed by atoms with Crippen molar-refractivity contribution in [3.8, 4) is 0 Å². The fraction of sp³-hybridized carbons (Fsp3) is 0.500. The van der Waals surface area contributed by atoms with Crippen molar-refractivity contribution in [1.82, 2.24) is 9.55 Å². The Morgan fingerprint density at radius 2 is 2.17 bits per heavy atom. The summed E-state index contributed by atoms with van der Waals surface area (Å²) in [5.41, 5.74) is 7.04. The van der Waals surface area contributed by atoms with Gasteiger partial charge in [-0.15, -0.1) is 0 Å². The number of aryl methyl sites for hydroxylation is 1. The molecular formula is C14H19N3O. The first kappa shape index (κ1) is 11.7. The molecule has 4 heteroatoms. The van der Waals surface area contributed by atoms with Crippen LogP contribution in [0.2, 0.25) is 0 Å². The molecule has 18 heavy (non-hydrogen) atoms. The van der Waals surface area contributed by atoms with E-state index in [2.05, 4.69) is 9.55 Å². The molecule has 1 heterocycles. The molecule has 1 aromatic carbocycles. The molecule has 4 nitrogen and oxygen atoms in total. The molecule has 0 aliphatic heterocycles. The molecule has 0 radical (unpaired) electrons. The van der Waals surface area contributed by atoms with E-state index in [0.29, 0.717) is 19.0 Å². The van der Waals surface area contributed by atoms with Gasteiger partial charge in [0.15, 0.2) is 0 Å². The number of fused-ring (bicyclic) bond motifs is 1. The standard InChI is InChI=1S/C14H19N3O/c1-10-16-12-4-2-3-5-13(12)17(10)9-14(18,8-15)11-6-7-11/h2-5,11,18H,6-9,15H2,1H3. The van der Waals surface area contributed by atoms with Crippen LogP contribution in [-0.2, 0) is 6.54 Å². The largest absolute Gasteiger partial charge is 0.386 e. The zero-order valence-electron chi connectivity index (χ0n) is 10.6. The van der Waals surface area contributed by atoms with Crippen LogP contribution in [0.4, 0.5) is 0 Å². The van der Waals surface area contributed by atoms with E-state index in [9.17, 15) is 5.11 Å². The van der Waals surface area contributed by atoms with Gasteiger partial charge < -0.3 is 15.4 Å². The number of benzene rings is 1. The number of hydrogen-bond donors (Lipinski definition) is 2. The molecule has 1 aliphatic carbocycles. The lowest BCUT2D eigenvalue weighted by atomic mass is 9.98. The van der Waals surface area contributed by atoms with Gasteiger partial charge in [0.05, 0.1) is 23.2 Å². The zero-order valence-corrected chi connectivity index (χ0v) is 10.6. The Bertz CT molecular complexity index is 573. The molecule has 3 N–H and O–H groups in total. The summed E-state index contributed by atoms with van der Waals surface area (Å²) in [4.78, 5) is 4.52. The predicted octanol–water partition coefficient (Wildman–Crippen LogP) is 1.44. The topological polar surface area (TPSA) is 64.1 Å². The van der Waals surface area contributed by atoms with Crippen LogP contribution >= 0.6 is 0 Å². The van der Waals surface area contributed by atoms with Crippen molar-refractivity contribution in [2.24, 2.45) is 11.7 Å². The van der Waals surface area contributed by atoms with Crippen LogP contribution in [0.5, 0.6) is 0 Å². The monoisotopic (exact) mass is 245 g/mol. The lowest BCUT2D eigenvalue weighted by Crippen LogP contribution is -2.44. The van der Waals surface area contributed by atoms with Crippen LogP contribution in [0.1, 0.15) is 18.7 Å². The summed E-state index contributed by atoms with van der Waals surface area (Å²) >= 11 is 0. The second kappa shape index (κ2) is 4.07. The van der Waals surface area contributed by atoms with E-state index in [0.717, 1.165) is 29.7 Å². The summed E-state index contributed by atoms with van der Waals surface area (Å²) in [5, 5.41) is 10.6. The molecule has 0 amide bonds. The fourth-order valence-electron chi connectivity index (χ4n) is 2.65. The van der Waals surface area contributed by atoms with E-state index in [1.807, 2.05) is 31.2 Å². The van der Waals surface area contributed by atoms with Crippen molar-refractivity contribution in [3.63, 3.8) is 0 Å². The summed E-state index contributed by atoms with van der Waals surface area (Å²) < 4.78 is 2.08. The van der Waals surface area contributed by atoms with Gasteiger partial charge in [-0.2, -0.15) is 0 Å². The maximum atomic E-state index is 10.6. The molecular weight excluding hydrogens is 226 g/mol. The van der Waals surface area contributed by atoms with Gasteiger partial charge in [0.25, 0.3) is 0 Å². The van der Waals surface area contributed by atoms with Crippen molar-refractivity contribution >= 4 is 11.0 Å². The molecule has 0 saturated heterocycles. The molecule has 1 unspecified atom stereocenters. The average molecular weight is 245 g/mol. The van der Waals surface area contributed by atoms with Gasteiger partial charge in [-0.05, 0) is 37.8 Å². The summed E-state index contributed by atoms with van der Waals surface area (Å²) in [6.07, 6.45) is 2.17. The Kier molecular flexibility index (Phi) is 2.64. The minimum absolute atomic E-state index is 0.309. The maximum Gasteiger partial charge on any atom is 0.106 e. The summed E-state index contributed by atoms with van der Waals surface area (Å²) in [6.45, 7) is 2.83. The van der Waals surface area contributed by atoms with Crippen LogP contribution in [0.25, 0.3) is 11.0 Å². The van der Waals surface area contributed by atoms with E-state index in [-0.39, 0.29) is 0 Å². The van der Waals surface area contributed by atoms with Crippen LogP contribution in [0, 0.1) is 12.8 Å². The van der Waals surface area contributed by atoms with Crippen molar-refractivity contribution in [1.29, 1.82) is 0 Å². The Morgan fingerprint density at radius 1 is 1.44 bits per heavy atom. The average Bonchev–Trinajstić information content (AvgIpc) is 3.17. The summed E-state index contributed by atoms with van der Waals surface area (Å²) in [7, 11) is 0. The molecule has 1 atom stereocenters. The molecule has 1 saturated carbocycles.